The Morgan fingerprint density at radius 2 is 0.969 bits per heavy atom. The second-order valence-electron chi connectivity index (χ2n) is 5.31. The minimum atomic E-state index is -5.34. The zero-order valence-electron chi connectivity index (χ0n) is 15.1. The summed E-state index contributed by atoms with van der Waals surface area (Å²) < 4.78 is 54.3. The predicted molar refractivity (Wildman–Crippen MR) is 80.0 cm³/mol. The molecule has 0 bridgehead atoms. The maximum Gasteiger partial charge on any atom is 0.672 e. The summed E-state index contributed by atoms with van der Waals surface area (Å²) in [6.45, 7) is -7.23. The number of rotatable bonds is 15. The third-order valence-electron chi connectivity index (χ3n) is 3.48. The van der Waals surface area contributed by atoms with E-state index >= 15 is 0 Å². The van der Waals surface area contributed by atoms with Gasteiger partial charge < -0.3 is 14.2 Å². The van der Waals surface area contributed by atoms with Crippen molar-refractivity contribution in [2.24, 2.45) is 0 Å². The highest BCUT2D eigenvalue weighted by Gasteiger charge is 2.80. The number of hydrogen-bond donors (Lipinski definition) is 0. The average Bonchev–Trinajstić information content (AvgIpc) is 2.68. The Labute approximate surface area is 169 Å². The lowest BCUT2D eigenvalue weighted by molar-refractivity contribution is -0.869. The molecule has 1 unspecified atom stereocenters. The molecule has 0 rings (SSSR count). The van der Waals surface area contributed by atoms with Crippen LogP contribution < -0.4 is 0 Å². The molecule has 1 atom stereocenters. The van der Waals surface area contributed by atoms with Crippen LogP contribution >= 0.6 is 0 Å². The summed E-state index contributed by atoms with van der Waals surface area (Å²) in [4.78, 5) is 50.1. The molecular weight excluding hydrogens is 477 g/mol. The second-order valence-corrected chi connectivity index (χ2v) is 5.31. The molecule has 32 heavy (non-hydrogen) atoms. The van der Waals surface area contributed by atoms with Crippen LogP contribution in [0, 0.1) is 60.7 Å². The molecule has 21 nitrogen and oxygen atoms in total. The van der Waals surface area contributed by atoms with Gasteiger partial charge >= 0.3 is 23.5 Å². The van der Waals surface area contributed by atoms with Gasteiger partial charge in [0, 0.05) is 7.11 Å². The molecule has 0 heterocycles. The van der Waals surface area contributed by atoms with E-state index in [4.69, 9.17) is 0 Å². The van der Waals surface area contributed by atoms with Gasteiger partial charge in [-0.3, -0.25) is 60.7 Å². The highest BCUT2D eigenvalue weighted by molar-refractivity contribution is 4.81. The van der Waals surface area contributed by atoms with Crippen LogP contribution in [0.25, 0.3) is 0 Å². The summed E-state index contributed by atoms with van der Waals surface area (Å²) in [6, 6.07) is 0. The van der Waals surface area contributed by atoms with Crippen molar-refractivity contribution in [1.82, 2.24) is 0 Å². The standard InChI is InChI=1S/C8H9F3N6O15/c1-30-5(8(11,16(26)27)17(28)29,32-4-7(10,14(22)23)15(24)25)2-31-3-6(9,12(18)19)13(20)21/h2-4H2,1H3. The SMILES string of the molecule is COC(COCC(F)([N+](=O)[O-])[N+](=O)[O-])(OCC(F)([N+](=O)[O-])[N+](=O)[O-])C(F)([N+](=O)[O-])[N+](=O)[O-]. The first-order valence-corrected chi connectivity index (χ1v) is 7.09. The van der Waals surface area contributed by atoms with Gasteiger partial charge in [0.05, 0.1) is 0 Å². The average molecular weight is 486 g/mol. The molecule has 0 aliphatic heterocycles. The van der Waals surface area contributed by atoms with Gasteiger partial charge in [-0.15, -0.1) is 0 Å². The van der Waals surface area contributed by atoms with E-state index in [9.17, 15) is 73.9 Å². The molecule has 0 aliphatic carbocycles. The van der Waals surface area contributed by atoms with Gasteiger partial charge in [0.2, 0.25) is 13.2 Å². The maximum absolute atomic E-state index is 14.7. The largest absolute Gasteiger partial charge is 0.672 e. The van der Waals surface area contributed by atoms with Crippen molar-refractivity contribution in [3.8, 4) is 0 Å². The summed E-state index contributed by atoms with van der Waals surface area (Å²) in [5, 5.41) is 64.0. The molecule has 0 aliphatic rings. The molecule has 0 aromatic heterocycles. The van der Waals surface area contributed by atoms with E-state index in [1.54, 1.807) is 0 Å². The van der Waals surface area contributed by atoms with Crippen LogP contribution in [-0.2, 0) is 14.2 Å². The molecule has 0 amide bonds. The lowest BCUT2D eigenvalue weighted by Gasteiger charge is -2.30. The minimum absolute atomic E-state index is 0.132. The topological polar surface area (TPSA) is 287 Å². The van der Waals surface area contributed by atoms with E-state index in [0.29, 0.717) is 0 Å². The Hall–Kier alpha value is -3.93. The monoisotopic (exact) mass is 486 g/mol. The summed E-state index contributed by atoms with van der Waals surface area (Å²) in [5.74, 6) is -19.3. The fraction of sp³-hybridized carbons (Fsp3) is 1.00. The van der Waals surface area contributed by atoms with Crippen LogP contribution in [0.1, 0.15) is 0 Å². The number of nitrogens with zero attached hydrogens (tertiary/aromatic N) is 6. The second kappa shape index (κ2) is 9.47. The molecule has 0 aromatic carbocycles. The van der Waals surface area contributed by atoms with E-state index in [2.05, 4.69) is 14.2 Å². The first-order chi connectivity index (χ1) is 14.4. The number of nitro groups is 6. The molecule has 0 radical (unpaired) electrons. The zero-order valence-corrected chi connectivity index (χ0v) is 15.1. The summed E-state index contributed by atoms with van der Waals surface area (Å²) in [6.07, 6.45) is 0. The predicted octanol–water partition coefficient (Wildman–Crippen LogP) is -1.11. The first kappa shape index (κ1) is 28.1. The summed E-state index contributed by atoms with van der Waals surface area (Å²) in [7, 11) is 0.132. The molecule has 0 aromatic rings. The third kappa shape index (κ3) is 4.70. The molecule has 0 fully saturated rings. The van der Waals surface area contributed by atoms with Gasteiger partial charge in [-0.05, 0) is 0 Å². The first-order valence-electron chi connectivity index (χ1n) is 7.09. The molecule has 0 N–H and O–H groups in total. The Kier molecular flexibility index (Phi) is 8.31. The number of ether oxygens (including phenoxy) is 3. The fourth-order valence-corrected chi connectivity index (χ4v) is 1.69. The molecule has 0 saturated carbocycles. The van der Waals surface area contributed by atoms with Gasteiger partial charge in [-0.1, -0.05) is 13.2 Å². The highest BCUT2D eigenvalue weighted by atomic mass is 19.2. The number of halogens is 3. The van der Waals surface area contributed by atoms with Crippen LogP contribution in [0.4, 0.5) is 13.2 Å². The van der Waals surface area contributed by atoms with Gasteiger partial charge in [0.25, 0.3) is 0 Å². The van der Waals surface area contributed by atoms with Crippen molar-refractivity contribution in [2.75, 3.05) is 26.9 Å². The van der Waals surface area contributed by atoms with E-state index in [1.165, 1.54) is 0 Å². The fourth-order valence-electron chi connectivity index (χ4n) is 1.69. The Balaban J connectivity index is 6.36. The number of alkyl halides is 3. The number of hydrogen-bond acceptors (Lipinski definition) is 15. The van der Waals surface area contributed by atoms with Gasteiger partial charge in [0.15, 0.2) is 0 Å². The van der Waals surface area contributed by atoms with Crippen LogP contribution in [0.3, 0.4) is 0 Å². The van der Waals surface area contributed by atoms with Crippen molar-refractivity contribution >= 4 is 0 Å². The highest BCUT2D eigenvalue weighted by Crippen LogP contribution is 2.35. The quantitative estimate of drug-likeness (QED) is 0.115. The summed E-state index contributed by atoms with van der Waals surface area (Å²) >= 11 is 0. The normalized spacial score (nSPS) is 14.2. The molecule has 0 saturated heterocycles. The van der Waals surface area contributed by atoms with Crippen LogP contribution in [0.2, 0.25) is 0 Å². The van der Waals surface area contributed by atoms with E-state index in [-0.39, 0.29) is 7.11 Å². The van der Waals surface area contributed by atoms with Crippen LogP contribution in [0.5, 0.6) is 0 Å². The van der Waals surface area contributed by atoms with Crippen molar-refractivity contribution in [3.63, 3.8) is 0 Å². The lowest BCUT2D eigenvalue weighted by atomic mass is 10.2. The smallest absolute Gasteiger partial charge is 0.357 e. The molecule has 182 valence electrons. The van der Waals surface area contributed by atoms with Gasteiger partial charge in [-0.25, -0.2) is 0 Å². The van der Waals surface area contributed by atoms with E-state index in [0.717, 1.165) is 0 Å². The number of methoxy groups -OCH3 is 1. The minimum Gasteiger partial charge on any atom is -0.357 e. The van der Waals surface area contributed by atoms with Gasteiger partial charge in [0.1, 0.15) is 36.1 Å². The van der Waals surface area contributed by atoms with Crippen molar-refractivity contribution < 1.29 is 56.9 Å². The zero-order chi connectivity index (χ0) is 25.7. The van der Waals surface area contributed by atoms with Crippen molar-refractivity contribution in [2.45, 2.75) is 23.5 Å². The molecule has 24 heteroatoms. The van der Waals surface area contributed by atoms with Crippen molar-refractivity contribution in [1.29, 1.82) is 0 Å². The summed E-state index contributed by atoms with van der Waals surface area (Å²) in [5.41, 5.74) is 0. The van der Waals surface area contributed by atoms with Crippen LogP contribution in [0.15, 0.2) is 0 Å². The Morgan fingerprint density at radius 1 is 0.625 bits per heavy atom. The molecule has 0 spiro atoms. The Morgan fingerprint density at radius 3 is 1.25 bits per heavy atom. The van der Waals surface area contributed by atoms with Crippen LogP contribution in [-0.4, -0.2) is 80.0 Å². The van der Waals surface area contributed by atoms with E-state index in [1.807, 2.05) is 0 Å². The van der Waals surface area contributed by atoms with E-state index < -0.39 is 72.9 Å². The van der Waals surface area contributed by atoms with Crippen molar-refractivity contribution in [3.05, 3.63) is 60.7 Å². The molecular formula is C8H9F3N6O15. The van der Waals surface area contributed by atoms with Gasteiger partial charge in [-0.2, -0.15) is 0 Å². The third-order valence-corrected chi connectivity index (χ3v) is 3.48. The lowest BCUT2D eigenvalue weighted by Crippen LogP contribution is -2.67. The Bertz CT molecular complexity index is 783. The maximum atomic E-state index is 14.7.